The molecule has 2 bridgehead atoms. The summed E-state index contributed by atoms with van der Waals surface area (Å²) < 4.78 is 2.20. The highest BCUT2D eigenvalue weighted by molar-refractivity contribution is 6.07. The Morgan fingerprint density at radius 1 is 0.939 bits per heavy atom. The fourth-order valence-corrected chi connectivity index (χ4v) is 6.57. The van der Waals surface area contributed by atoms with E-state index >= 15 is 0 Å². The third kappa shape index (κ3) is 2.74. The summed E-state index contributed by atoms with van der Waals surface area (Å²) in [6.45, 7) is 2.84. The molecule has 1 saturated heterocycles. The second kappa shape index (κ2) is 6.77. The predicted octanol–water partition coefficient (Wildman–Crippen LogP) is 4.39. The molecule has 5 nitrogen and oxygen atoms in total. The molecular formula is C28H25N3O2. The number of imide groups is 1. The first-order chi connectivity index (χ1) is 16.1. The molecule has 3 aromatic rings. The third-order valence-electron chi connectivity index (χ3n) is 8.24. The number of allylic oxidation sites excluding steroid dienone is 2. The maximum Gasteiger partial charge on any atom is 0.254 e. The average molecular weight is 436 g/mol. The topological polar surface area (TPSA) is 54.7 Å². The Balaban J connectivity index is 1.20. The number of hydrazone groups is 1. The van der Waals surface area contributed by atoms with E-state index in [1.807, 2.05) is 12.1 Å². The van der Waals surface area contributed by atoms with Crippen molar-refractivity contribution in [2.75, 3.05) is 0 Å². The molecule has 5 heteroatoms. The van der Waals surface area contributed by atoms with E-state index < -0.39 is 0 Å². The lowest BCUT2D eigenvalue weighted by Crippen LogP contribution is -2.40. The molecule has 1 aromatic heterocycles. The Labute approximate surface area is 192 Å². The van der Waals surface area contributed by atoms with Crippen LogP contribution in [0.3, 0.4) is 0 Å². The number of aryl methyl sites for hydroxylation is 1. The van der Waals surface area contributed by atoms with Crippen molar-refractivity contribution in [1.82, 2.24) is 9.58 Å². The fraction of sp³-hybridized carbons (Fsp3) is 0.321. The van der Waals surface area contributed by atoms with Crippen LogP contribution >= 0.6 is 0 Å². The molecule has 1 aliphatic heterocycles. The Hall–Kier alpha value is -3.47. The number of benzene rings is 2. The van der Waals surface area contributed by atoms with Crippen LogP contribution in [0.5, 0.6) is 0 Å². The SMILES string of the molecule is Cc1ccc(Cn2cc(/C=N\N3C(=O)[C@@H]4[C@H]5C=C[C@@H]([C@@H]6C[C@H]56)[C@@H]4C3=O)c3ccccc32)cc1. The van der Waals surface area contributed by atoms with Crippen LogP contribution in [-0.2, 0) is 16.1 Å². The zero-order valence-electron chi connectivity index (χ0n) is 18.5. The first kappa shape index (κ1) is 19.0. The molecule has 4 aliphatic carbocycles. The largest absolute Gasteiger partial charge is 0.342 e. The van der Waals surface area contributed by atoms with Crippen molar-refractivity contribution in [1.29, 1.82) is 0 Å². The molecule has 0 spiro atoms. The summed E-state index contributed by atoms with van der Waals surface area (Å²) >= 11 is 0. The molecule has 0 N–H and O–H groups in total. The summed E-state index contributed by atoms with van der Waals surface area (Å²) in [7, 11) is 0. The summed E-state index contributed by atoms with van der Waals surface area (Å²) in [5.41, 5.74) is 4.48. The molecule has 2 saturated carbocycles. The van der Waals surface area contributed by atoms with E-state index in [-0.39, 0.29) is 35.5 Å². The van der Waals surface area contributed by atoms with Crippen LogP contribution in [0, 0.1) is 42.4 Å². The monoisotopic (exact) mass is 435 g/mol. The zero-order valence-corrected chi connectivity index (χ0v) is 18.5. The summed E-state index contributed by atoms with van der Waals surface area (Å²) in [6.07, 6.45) is 9.30. The average Bonchev–Trinajstić information content (AvgIpc) is 3.54. The first-order valence-corrected chi connectivity index (χ1v) is 11.8. The standard InChI is InChI=1S/C28H25N3O2/c1-16-6-8-17(9-7-16)14-30-15-18(19-4-2-3-5-24(19)30)13-29-31-27(32)25-20-10-11-21(23-12-22(20)23)26(25)28(31)33/h2-11,13,15,20-23,25-26H,12,14H2,1H3/b29-13-/t20-,21-,22-,23+,25-,26+/m0/s1. The highest BCUT2D eigenvalue weighted by Gasteiger charge is 2.67. The minimum Gasteiger partial charge on any atom is -0.342 e. The van der Waals surface area contributed by atoms with Crippen molar-refractivity contribution in [2.45, 2.75) is 19.9 Å². The van der Waals surface area contributed by atoms with Crippen molar-refractivity contribution >= 4 is 28.9 Å². The number of hydrogen-bond donors (Lipinski definition) is 0. The molecule has 33 heavy (non-hydrogen) atoms. The Kier molecular flexibility index (Phi) is 3.90. The molecule has 2 heterocycles. The molecule has 8 rings (SSSR count). The predicted molar refractivity (Wildman–Crippen MR) is 126 cm³/mol. The van der Waals surface area contributed by atoms with Crippen LogP contribution in [-0.4, -0.2) is 27.6 Å². The van der Waals surface area contributed by atoms with Crippen LogP contribution < -0.4 is 0 Å². The quantitative estimate of drug-likeness (QED) is 0.347. The van der Waals surface area contributed by atoms with E-state index in [4.69, 9.17) is 0 Å². The van der Waals surface area contributed by atoms with E-state index in [9.17, 15) is 9.59 Å². The van der Waals surface area contributed by atoms with Crippen LogP contribution in [0.15, 0.2) is 72.0 Å². The number of nitrogens with zero attached hydrogens (tertiary/aromatic N) is 3. The van der Waals surface area contributed by atoms with Gasteiger partial charge in [-0.15, -0.1) is 0 Å². The van der Waals surface area contributed by atoms with Gasteiger partial charge in [0.2, 0.25) is 0 Å². The van der Waals surface area contributed by atoms with Crippen LogP contribution in [0.2, 0.25) is 0 Å². The molecule has 5 aliphatic rings. The van der Waals surface area contributed by atoms with Crippen LogP contribution in [0.1, 0.15) is 23.1 Å². The smallest absolute Gasteiger partial charge is 0.254 e. The molecule has 0 unspecified atom stereocenters. The van der Waals surface area contributed by atoms with Gasteiger partial charge in [0, 0.05) is 29.2 Å². The van der Waals surface area contributed by atoms with Gasteiger partial charge in [-0.1, -0.05) is 60.2 Å². The molecule has 2 aromatic carbocycles. The van der Waals surface area contributed by atoms with E-state index in [0.29, 0.717) is 11.8 Å². The highest BCUT2D eigenvalue weighted by Crippen LogP contribution is 2.65. The zero-order chi connectivity index (χ0) is 22.3. The summed E-state index contributed by atoms with van der Waals surface area (Å²) in [4.78, 5) is 26.4. The maximum atomic E-state index is 13.2. The van der Waals surface area contributed by atoms with E-state index in [1.54, 1.807) is 6.21 Å². The van der Waals surface area contributed by atoms with Crippen molar-refractivity contribution in [2.24, 2.45) is 40.6 Å². The van der Waals surface area contributed by atoms with Gasteiger partial charge in [-0.3, -0.25) is 9.59 Å². The molecule has 3 fully saturated rings. The van der Waals surface area contributed by atoms with E-state index in [2.05, 4.69) is 71.3 Å². The van der Waals surface area contributed by atoms with Gasteiger partial charge >= 0.3 is 0 Å². The van der Waals surface area contributed by atoms with E-state index in [0.717, 1.165) is 23.0 Å². The lowest BCUT2D eigenvalue weighted by Gasteiger charge is -2.37. The number of carbonyl (C=O) groups excluding carboxylic acids is 2. The second-order valence-corrected chi connectivity index (χ2v) is 10.1. The normalized spacial score (nSPS) is 31.6. The van der Waals surface area contributed by atoms with Crippen LogP contribution in [0.25, 0.3) is 10.9 Å². The summed E-state index contributed by atoms with van der Waals surface area (Å²) in [5.74, 6) is 0.982. The molecule has 6 atom stereocenters. The van der Waals surface area contributed by atoms with Crippen LogP contribution in [0.4, 0.5) is 0 Å². The van der Waals surface area contributed by atoms with Gasteiger partial charge in [0.05, 0.1) is 18.1 Å². The van der Waals surface area contributed by atoms with E-state index in [1.165, 1.54) is 22.6 Å². The fourth-order valence-electron chi connectivity index (χ4n) is 6.57. The van der Waals surface area contributed by atoms with Gasteiger partial charge in [-0.05, 0) is 48.6 Å². The minimum atomic E-state index is -0.212. The van der Waals surface area contributed by atoms with Crippen molar-refractivity contribution in [3.05, 3.63) is 83.6 Å². The summed E-state index contributed by atoms with van der Waals surface area (Å²) in [5, 5.41) is 6.70. The van der Waals surface area contributed by atoms with Gasteiger partial charge in [0.25, 0.3) is 11.8 Å². The number of amides is 2. The Morgan fingerprint density at radius 3 is 2.30 bits per heavy atom. The van der Waals surface area contributed by atoms with Crippen molar-refractivity contribution in [3.8, 4) is 0 Å². The number of hydrogen-bond acceptors (Lipinski definition) is 3. The Bertz CT molecular complexity index is 1330. The van der Waals surface area contributed by atoms with Gasteiger partial charge in [0.1, 0.15) is 0 Å². The van der Waals surface area contributed by atoms with Gasteiger partial charge in [-0.2, -0.15) is 10.1 Å². The van der Waals surface area contributed by atoms with Gasteiger partial charge < -0.3 is 4.57 Å². The lowest BCUT2D eigenvalue weighted by atomic mass is 9.63. The number of carbonyl (C=O) groups is 2. The second-order valence-electron chi connectivity index (χ2n) is 10.1. The molecule has 0 radical (unpaired) electrons. The minimum absolute atomic E-state index is 0.116. The third-order valence-corrected chi connectivity index (χ3v) is 8.24. The number of para-hydroxylation sites is 1. The molecule has 2 amide bonds. The van der Waals surface area contributed by atoms with Crippen molar-refractivity contribution in [3.63, 3.8) is 0 Å². The number of aromatic nitrogens is 1. The maximum absolute atomic E-state index is 13.2. The highest BCUT2D eigenvalue weighted by atomic mass is 16.2. The molecule has 164 valence electrons. The number of rotatable bonds is 4. The van der Waals surface area contributed by atoms with Gasteiger partial charge in [-0.25, -0.2) is 0 Å². The first-order valence-electron chi connectivity index (χ1n) is 11.8. The van der Waals surface area contributed by atoms with Gasteiger partial charge in [0.15, 0.2) is 0 Å². The van der Waals surface area contributed by atoms with Crippen molar-refractivity contribution < 1.29 is 9.59 Å². The summed E-state index contributed by atoms with van der Waals surface area (Å²) in [6, 6.07) is 16.7. The number of fused-ring (bicyclic) bond motifs is 1. The Morgan fingerprint density at radius 2 is 1.61 bits per heavy atom. The lowest BCUT2D eigenvalue weighted by molar-refractivity contribution is -0.140. The molecular weight excluding hydrogens is 410 g/mol.